The Balaban J connectivity index is 1.77. The number of hydrogen-bond acceptors (Lipinski definition) is 4. The molecule has 0 radical (unpaired) electrons. The molecule has 0 spiro atoms. The predicted octanol–water partition coefficient (Wildman–Crippen LogP) is 1.60. The van der Waals surface area contributed by atoms with Crippen LogP contribution in [0.3, 0.4) is 0 Å². The van der Waals surface area contributed by atoms with Crippen LogP contribution in [0.5, 0.6) is 0 Å². The summed E-state index contributed by atoms with van der Waals surface area (Å²) in [4.78, 5) is 20.1. The lowest BCUT2D eigenvalue weighted by atomic mass is 10.0. The van der Waals surface area contributed by atoms with Crippen molar-refractivity contribution in [1.29, 1.82) is 5.26 Å². The Morgan fingerprint density at radius 3 is 3.00 bits per heavy atom. The molecule has 2 aliphatic heterocycles. The van der Waals surface area contributed by atoms with E-state index in [-0.39, 0.29) is 17.8 Å². The molecule has 0 bridgehead atoms. The van der Waals surface area contributed by atoms with Gasteiger partial charge in [0.05, 0.1) is 11.1 Å². The summed E-state index contributed by atoms with van der Waals surface area (Å²) < 4.78 is 0. The van der Waals surface area contributed by atoms with Crippen LogP contribution in [0.15, 0.2) is 12.1 Å². The fourth-order valence-electron chi connectivity index (χ4n) is 2.94. The van der Waals surface area contributed by atoms with Gasteiger partial charge in [0, 0.05) is 26.2 Å². The van der Waals surface area contributed by atoms with E-state index < -0.39 is 0 Å². The van der Waals surface area contributed by atoms with Crippen LogP contribution in [0.4, 0.5) is 10.6 Å². The fraction of sp³-hybridized carbons (Fsp3) is 0.500. The Hall–Kier alpha value is -2.00. The first-order valence-electron chi connectivity index (χ1n) is 7.05. The minimum atomic E-state index is 0.0172. The third kappa shape index (κ3) is 2.74. The molecule has 2 fully saturated rings. The van der Waals surface area contributed by atoms with Crippen molar-refractivity contribution in [1.82, 2.24) is 15.2 Å². The Kier molecular flexibility index (Phi) is 3.84. The molecule has 6 nitrogen and oxygen atoms in total. The zero-order valence-corrected chi connectivity index (χ0v) is 12.3. The van der Waals surface area contributed by atoms with E-state index in [2.05, 4.69) is 15.2 Å². The van der Waals surface area contributed by atoms with Crippen LogP contribution >= 0.6 is 11.6 Å². The van der Waals surface area contributed by atoms with Crippen LogP contribution in [-0.4, -0.2) is 48.1 Å². The number of nitrogens with one attached hydrogen (secondary N) is 1. The molecule has 2 aliphatic rings. The average Bonchev–Trinajstić information content (AvgIpc) is 2.94. The smallest absolute Gasteiger partial charge is 0.317 e. The van der Waals surface area contributed by atoms with E-state index in [4.69, 9.17) is 16.9 Å². The van der Waals surface area contributed by atoms with Gasteiger partial charge in [0.15, 0.2) is 5.69 Å². The normalized spacial score (nSPS) is 22.1. The van der Waals surface area contributed by atoms with E-state index in [1.807, 2.05) is 17.0 Å². The minimum absolute atomic E-state index is 0.0172. The Bertz CT molecular complexity index is 600. The molecule has 21 heavy (non-hydrogen) atoms. The van der Waals surface area contributed by atoms with E-state index >= 15 is 0 Å². The number of carbonyl (C=O) groups is 1. The van der Waals surface area contributed by atoms with Crippen LogP contribution in [0, 0.1) is 11.3 Å². The van der Waals surface area contributed by atoms with E-state index in [1.165, 1.54) is 0 Å². The van der Waals surface area contributed by atoms with Crippen LogP contribution in [-0.2, 0) is 0 Å². The van der Waals surface area contributed by atoms with Gasteiger partial charge in [-0.05, 0) is 25.0 Å². The summed E-state index contributed by atoms with van der Waals surface area (Å²) in [5.41, 5.74) is 0.246. The highest BCUT2D eigenvalue weighted by atomic mass is 35.5. The summed E-state index contributed by atoms with van der Waals surface area (Å²) in [6.07, 6.45) is 2.00. The number of nitriles is 1. The molecule has 0 aromatic carbocycles. The van der Waals surface area contributed by atoms with Crippen LogP contribution in [0.2, 0.25) is 5.02 Å². The molecule has 1 aromatic heterocycles. The SMILES string of the molecule is N#Cc1nc(N2CCC[C@@H](N3CCNC3=O)C2)ccc1Cl. The summed E-state index contributed by atoms with van der Waals surface area (Å²) in [6, 6.07) is 5.75. The summed E-state index contributed by atoms with van der Waals surface area (Å²) in [6.45, 7) is 3.10. The predicted molar refractivity (Wildman–Crippen MR) is 79.3 cm³/mol. The third-order valence-corrected chi connectivity index (χ3v) is 4.29. The van der Waals surface area contributed by atoms with Gasteiger partial charge in [-0.2, -0.15) is 5.26 Å². The van der Waals surface area contributed by atoms with Gasteiger partial charge in [-0.15, -0.1) is 0 Å². The highest BCUT2D eigenvalue weighted by Crippen LogP contribution is 2.24. The van der Waals surface area contributed by atoms with Gasteiger partial charge in [0.1, 0.15) is 11.9 Å². The van der Waals surface area contributed by atoms with Crippen molar-refractivity contribution < 1.29 is 4.79 Å². The maximum absolute atomic E-state index is 11.8. The molecule has 0 unspecified atom stereocenters. The summed E-state index contributed by atoms with van der Waals surface area (Å²) in [5.74, 6) is 0.750. The third-order valence-electron chi connectivity index (χ3n) is 3.99. The van der Waals surface area contributed by atoms with Crippen molar-refractivity contribution in [3.05, 3.63) is 22.8 Å². The van der Waals surface area contributed by atoms with Crippen molar-refractivity contribution >= 4 is 23.4 Å². The summed E-state index contributed by atoms with van der Waals surface area (Å²) in [7, 11) is 0. The topological polar surface area (TPSA) is 72.3 Å². The van der Waals surface area contributed by atoms with Crippen molar-refractivity contribution in [3.8, 4) is 6.07 Å². The quantitative estimate of drug-likeness (QED) is 0.901. The lowest BCUT2D eigenvalue weighted by Crippen LogP contribution is -2.49. The van der Waals surface area contributed by atoms with Crippen LogP contribution in [0.1, 0.15) is 18.5 Å². The Morgan fingerprint density at radius 1 is 1.43 bits per heavy atom. The van der Waals surface area contributed by atoms with Gasteiger partial charge < -0.3 is 15.1 Å². The molecular formula is C14H16ClN5O. The average molecular weight is 306 g/mol. The number of piperidine rings is 1. The van der Waals surface area contributed by atoms with Gasteiger partial charge in [-0.1, -0.05) is 11.6 Å². The van der Waals surface area contributed by atoms with Crippen molar-refractivity contribution in [3.63, 3.8) is 0 Å². The number of rotatable bonds is 2. The molecule has 3 heterocycles. The molecule has 1 N–H and O–H groups in total. The second-order valence-electron chi connectivity index (χ2n) is 5.28. The van der Waals surface area contributed by atoms with Gasteiger partial charge in [0.25, 0.3) is 0 Å². The number of pyridine rings is 1. The number of nitrogens with zero attached hydrogens (tertiary/aromatic N) is 4. The lowest BCUT2D eigenvalue weighted by Gasteiger charge is -2.37. The van der Waals surface area contributed by atoms with E-state index in [0.29, 0.717) is 11.6 Å². The summed E-state index contributed by atoms with van der Waals surface area (Å²) >= 11 is 5.92. The molecule has 3 rings (SSSR count). The van der Waals surface area contributed by atoms with Gasteiger partial charge in [-0.25, -0.2) is 9.78 Å². The van der Waals surface area contributed by atoms with E-state index in [1.54, 1.807) is 6.07 Å². The van der Waals surface area contributed by atoms with Gasteiger partial charge >= 0.3 is 6.03 Å². The van der Waals surface area contributed by atoms with Crippen molar-refractivity contribution in [2.75, 3.05) is 31.1 Å². The summed E-state index contributed by atoms with van der Waals surface area (Å²) in [5, 5.41) is 12.2. The minimum Gasteiger partial charge on any atom is -0.355 e. The fourth-order valence-corrected chi connectivity index (χ4v) is 3.09. The molecule has 2 saturated heterocycles. The first kappa shape index (κ1) is 14.0. The number of urea groups is 1. The number of carbonyl (C=O) groups excluding carboxylic acids is 1. The Labute approximate surface area is 128 Å². The van der Waals surface area contributed by atoms with Gasteiger partial charge in [-0.3, -0.25) is 0 Å². The molecular weight excluding hydrogens is 290 g/mol. The molecule has 2 amide bonds. The Morgan fingerprint density at radius 2 is 2.29 bits per heavy atom. The molecule has 110 valence electrons. The molecule has 1 aromatic rings. The molecule has 0 aliphatic carbocycles. The highest BCUT2D eigenvalue weighted by Gasteiger charge is 2.31. The monoisotopic (exact) mass is 305 g/mol. The first-order chi connectivity index (χ1) is 10.2. The maximum atomic E-state index is 11.8. The number of halogens is 1. The number of aromatic nitrogens is 1. The maximum Gasteiger partial charge on any atom is 0.317 e. The standard InChI is InChI=1S/C14H16ClN5O/c15-11-3-4-13(18-12(11)8-16)19-6-1-2-10(9-19)20-7-5-17-14(20)21/h3-4,10H,1-2,5-7,9H2,(H,17,21)/t10-/m1/s1. The van der Waals surface area contributed by atoms with E-state index in [0.717, 1.165) is 38.3 Å². The molecule has 0 saturated carbocycles. The first-order valence-corrected chi connectivity index (χ1v) is 7.43. The van der Waals surface area contributed by atoms with Crippen LogP contribution < -0.4 is 10.2 Å². The zero-order chi connectivity index (χ0) is 14.8. The molecule has 7 heteroatoms. The number of anilines is 1. The van der Waals surface area contributed by atoms with Gasteiger partial charge in [0.2, 0.25) is 0 Å². The highest BCUT2D eigenvalue weighted by molar-refractivity contribution is 6.31. The van der Waals surface area contributed by atoms with E-state index in [9.17, 15) is 4.79 Å². The van der Waals surface area contributed by atoms with Crippen molar-refractivity contribution in [2.45, 2.75) is 18.9 Å². The second-order valence-corrected chi connectivity index (χ2v) is 5.69. The number of hydrogen-bond donors (Lipinski definition) is 1. The lowest BCUT2D eigenvalue weighted by molar-refractivity contribution is 0.189. The largest absolute Gasteiger partial charge is 0.355 e. The zero-order valence-electron chi connectivity index (χ0n) is 11.5. The van der Waals surface area contributed by atoms with Crippen LogP contribution in [0.25, 0.3) is 0 Å². The molecule has 1 atom stereocenters. The van der Waals surface area contributed by atoms with Crippen molar-refractivity contribution in [2.24, 2.45) is 0 Å². The number of amides is 2. The second kappa shape index (κ2) is 5.78.